The summed E-state index contributed by atoms with van der Waals surface area (Å²) < 4.78 is 0. The monoisotopic (exact) mass is 419 g/mol. The van der Waals surface area contributed by atoms with Crippen LogP contribution in [0.3, 0.4) is 0 Å². The summed E-state index contributed by atoms with van der Waals surface area (Å²) in [6.45, 7) is 6.61. The molecule has 4 nitrogen and oxygen atoms in total. The Kier molecular flexibility index (Phi) is 8.21. The van der Waals surface area contributed by atoms with E-state index < -0.39 is 0 Å². The SMILES string of the molecule is C=CCNc1nc(-c2ccc(NC(=O)c3ccc(CCCCCC)cc3)cc2)cs1. The van der Waals surface area contributed by atoms with E-state index in [9.17, 15) is 4.79 Å². The molecule has 156 valence electrons. The fraction of sp³-hybridized carbons (Fsp3) is 0.280. The molecule has 30 heavy (non-hydrogen) atoms. The fourth-order valence-corrected chi connectivity index (χ4v) is 3.88. The molecule has 0 aliphatic rings. The number of amides is 1. The average Bonchev–Trinajstić information content (AvgIpc) is 3.25. The Morgan fingerprint density at radius 2 is 1.83 bits per heavy atom. The van der Waals surface area contributed by atoms with E-state index in [2.05, 4.69) is 41.3 Å². The van der Waals surface area contributed by atoms with Crippen molar-refractivity contribution in [3.8, 4) is 11.3 Å². The molecule has 0 aliphatic heterocycles. The first-order valence-corrected chi connectivity index (χ1v) is 11.4. The first kappa shape index (κ1) is 21.8. The van der Waals surface area contributed by atoms with Crippen LogP contribution in [0.15, 0.2) is 66.6 Å². The van der Waals surface area contributed by atoms with Gasteiger partial charge in [-0.15, -0.1) is 17.9 Å². The van der Waals surface area contributed by atoms with Crippen molar-refractivity contribution in [3.63, 3.8) is 0 Å². The molecule has 2 aromatic carbocycles. The molecule has 0 bridgehead atoms. The number of carbonyl (C=O) groups excluding carboxylic acids is 1. The van der Waals surface area contributed by atoms with Crippen LogP contribution in [0, 0.1) is 0 Å². The summed E-state index contributed by atoms with van der Waals surface area (Å²) in [6, 6.07) is 15.7. The van der Waals surface area contributed by atoms with Gasteiger partial charge in [-0.05, 0) is 42.7 Å². The molecule has 0 radical (unpaired) electrons. The summed E-state index contributed by atoms with van der Waals surface area (Å²) in [6.07, 6.45) is 7.89. The lowest BCUT2D eigenvalue weighted by molar-refractivity contribution is 0.102. The van der Waals surface area contributed by atoms with Crippen molar-refractivity contribution < 1.29 is 4.79 Å². The van der Waals surface area contributed by atoms with Gasteiger partial charge >= 0.3 is 0 Å². The third kappa shape index (κ3) is 6.29. The average molecular weight is 420 g/mol. The van der Waals surface area contributed by atoms with Crippen molar-refractivity contribution in [2.45, 2.75) is 39.0 Å². The van der Waals surface area contributed by atoms with Crippen LogP contribution < -0.4 is 10.6 Å². The van der Waals surface area contributed by atoms with E-state index in [0.29, 0.717) is 12.1 Å². The lowest BCUT2D eigenvalue weighted by Gasteiger charge is -2.07. The molecule has 1 aromatic heterocycles. The molecule has 0 unspecified atom stereocenters. The third-order valence-corrected chi connectivity index (χ3v) is 5.68. The standard InChI is InChI=1S/C25H29N3OS/c1-3-5-6-7-8-19-9-11-21(12-10-19)24(29)27-22-15-13-20(14-16-22)23-18-30-25(28-23)26-17-4-2/h4,9-16,18H,2-3,5-8,17H2,1H3,(H,26,28)(H,27,29). The van der Waals surface area contributed by atoms with Crippen LogP contribution in [0.4, 0.5) is 10.8 Å². The van der Waals surface area contributed by atoms with Gasteiger partial charge in [0.15, 0.2) is 5.13 Å². The van der Waals surface area contributed by atoms with E-state index in [4.69, 9.17) is 0 Å². The Labute approximate surface area is 183 Å². The Balaban J connectivity index is 1.55. The second-order valence-corrected chi connectivity index (χ2v) is 8.10. The first-order chi connectivity index (χ1) is 14.7. The highest BCUT2D eigenvalue weighted by molar-refractivity contribution is 7.14. The van der Waals surface area contributed by atoms with E-state index in [1.165, 1.54) is 31.2 Å². The van der Waals surface area contributed by atoms with E-state index in [1.807, 2.05) is 41.8 Å². The molecule has 5 heteroatoms. The Morgan fingerprint density at radius 1 is 1.07 bits per heavy atom. The van der Waals surface area contributed by atoms with Crippen LogP contribution in [-0.2, 0) is 6.42 Å². The van der Waals surface area contributed by atoms with Crippen LogP contribution in [0.25, 0.3) is 11.3 Å². The Bertz CT molecular complexity index is 945. The number of carbonyl (C=O) groups is 1. The van der Waals surface area contributed by atoms with Gasteiger partial charge in [0.05, 0.1) is 5.69 Å². The molecule has 2 N–H and O–H groups in total. The molecule has 1 heterocycles. The number of unbranched alkanes of at least 4 members (excludes halogenated alkanes) is 3. The Hall–Kier alpha value is -2.92. The largest absolute Gasteiger partial charge is 0.358 e. The second kappa shape index (κ2) is 11.3. The van der Waals surface area contributed by atoms with Crippen molar-refractivity contribution in [3.05, 3.63) is 77.7 Å². The fourth-order valence-electron chi connectivity index (χ4n) is 3.15. The number of anilines is 2. The van der Waals surface area contributed by atoms with Crippen LogP contribution in [0.2, 0.25) is 0 Å². The number of benzene rings is 2. The normalized spacial score (nSPS) is 10.6. The van der Waals surface area contributed by atoms with Gasteiger partial charge in [0.25, 0.3) is 5.91 Å². The summed E-state index contributed by atoms with van der Waals surface area (Å²) >= 11 is 1.56. The summed E-state index contributed by atoms with van der Waals surface area (Å²) in [5.41, 5.74) is 4.67. The van der Waals surface area contributed by atoms with Gasteiger partial charge in [-0.2, -0.15) is 0 Å². The molecule has 0 aliphatic carbocycles. The van der Waals surface area contributed by atoms with E-state index in [0.717, 1.165) is 28.5 Å². The highest BCUT2D eigenvalue weighted by atomic mass is 32.1. The number of aromatic nitrogens is 1. The third-order valence-electron chi connectivity index (χ3n) is 4.88. The van der Waals surface area contributed by atoms with Crippen molar-refractivity contribution in [1.82, 2.24) is 4.98 Å². The minimum atomic E-state index is -0.0927. The number of hydrogen-bond acceptors (Lipinski definition) is 4. The van der Waals surface area contributed by atoms with Gasteiger partial charge in [0.2, 0.25) is 0 Å². The van der Waals surface area contributed by atoms with Crippen LogP contribution >= 0.6 is 11.3 Å². The maximum Gasteiger partial charge on any atom is 0.255 e. The highest BCUT2D eigenvalue weighted by Crippen LogP contribution is 2.26. The molecule has 3 aromatic rings. The van der Waals surface area contributed by atoms with Gasteiger partial charge in [-0.3, -0.25) is 4.79 Å². The molecule has 3 rings (SSSR count). The van der Waals surface area contributed by atoms with Gasteiger partial charge in [0, 0.05) is 28.7 Å². The zero-order valence-corrected chi connectivity index (χ0v) is 18.3. The second-order valence-electron chi connectivity index (χ2n) is 7.25. The van der Waals surface area contributed by atoms with Crippen molar-refractivity contribution in [2.75, 3.05) is 17.2 Å². The molecule has 0 saturated heterocycles. The van der Waals surface area contributed by atoms with Crippen molar-refractivity contribution in [1.29, 1.82) is 0 Å². The van der Waals surface area contributed by atoms with E-state index in [-0.39, 0.29) is 5.91 Å². The van der Waals surface area contributed by atoms with Crippen molar-refractivity contribution in [2.24, 2.45) is 0 Å². The predicted molar refractivity (Wildman–Crippen MR) is 128 cm³/mol. The number of rotatable bonds is 11. The van der Waals surface area contributed by atoms with Gasteiger partial charge in [-0.1, -0.05) is 56.5 Å². The molecule has 0 saturated carbocycles. The molecule has 0 atom stereocenters. The van der Waals surface area contributed by atoms with E-state index in [1.54, 1.807) is 17.4 Å². The molecular formula is C25H29N3OS. The Morgan fingerprint density at radius 3 is 2.53 bits per heavy atom. The smallest absolute Gasteiger partial charge is 0.255 e. The summed E-state index contributed by atoms with van der Waals surface area (Å²) in [4.78, 5) is 17.1. The topological polar surface area (TPSA) is 54.0 Å². The van der Waals surface area contributed by atoms with Crippen LogP contribution in [0.1, 0.15) is 48.5 Å². The number of hydrogen-bond donors (Lipinski definition) is 2. The van der Waals surface area contributed by atoms with Gasteiger partial charge in [0.1, 0.15) is 0 Å². The summed E-state index contributed by atoms with van der Waals surface area (Å²) in [7, 11) is 0. The lowest BCUT2D eigenvalue weighted by atomic mass is 10.0. The summed E-state index contributed by atoms with van der Waals surface area (Å²) in [5.74, 6) is -0.0927. The zero-order valence-electron chi connectivity index (χ0n) is 17.5. The predicted octanol–water partition coefficient (Wildman–Crippen LogP) is 6.78. The maximum absolute atomic E-state index is 12.5. The molecule has 0 fully saturated rings. The summed E-state index contributed by atoms with van der Waals surface area (Å²) in [5, 5.41) is 9.05. The van der Waals surface area contributed by atoms with E-state index >= 15 is 0 Å². The minimum Gasteiger partial charge on any atom is -0.358 e. The maximum atomic E-state index is 12.5. The molecular weight excluding hydrogens is 390 g/mol. The number of aryl methyl sites for hydroxylation is 1. The van der Waals surface area contributed by atoms with Crippen LogP contribution in [-0.4, -0.2) is 17.4 Å². The van der Waals surface area contributed by atoms with Gasteiger partial charge < -0.3 is 10.6 Å². The highest BCUT2D eigenvalue weighted by Gasteiger charge is 2.08. The van der Waals surface area contributed by atoms with Crippen molar-refractivity contribution >= 4 is 28.1 Å². The lowest BCUT2D eigenvalue weighted by Crippen LogP contribution is -2.11. The number of nitrogens with one attached hydrogen (secondary N) is 2. The number of thiazole rings is 1. The first-order valence-electron chi connectivity index (χ1n) is 10.5. The number of nitrogens with zero attached hydrogens (tertiary/aromatic N) is 1. The molecule has 1 amide bonds. The zero-order chi connectivity index (χ0) is 21.2. The van der Waals surface area contributed by atoms with Gasteiger partial charge in [-0.25, -0.2) is 4.98 Å². The molecule has 0 spiro atoms. The minimum absolute atomic E-state index is 0.0927. The van der Waals surface area contributed by atoms with Crippen LogP contribution in [0.5, 0.6) is 0 Å². The quantitative estimate of drug-likeness (QED) is 0.266.